The van der Waals surface area contributed by atoms with E-state index in [9.17, 15) is 9.90 Å². The normalized spacial score (nSPS) is 21.9. The molecule has 1 aromatic carbocycles. The van der Waals surface area contributed by atoms with Crippen LogP contribution in [0, 0.1) is 11.8 Å². The predicted octanol–water partition coefficient (Wildman–Crippen LogP) is 2.99. The van der Waals surface area contributed by atoms with Crippen molar-refractivity contribution < 1.29 is 14.6 Å². The fourth-order valence-corrected chi connectivity index (χ4v) is 3.31. The maximum absolute atomic E-state index is 12.3. The van der Waals surface area contributed by atoms with Crippen LogP contribution in [0.15, 0.2) is 22.7 Å². The molecule has 4 nitrogen and oxygen atoms in total. The molecule has 0 spiro atoms. The number of benzene rings is 1. The molecule has 0 radical (unpaired) electrons. The van der Waals surface area contributed by atoms with Gasteiger partial charge in [-0.05, 0) is 42.9 Å². The van der Waals surface area contributed by atoms with Gasteiger partial charge >= 0.3 is 0 Å². The van der Waals surface area contributed by atoms with Crippen molar-refractivity contribution in [1.29, 1.82) is 0 Å². The molecular weight excluding hydrogens is 334 g/mol. The number of carbonyl (C=O) groups is 1. The summed E-state index contributed by atoms with van der Waals surface area (Å²) in [6, 6.07) is 5.36. The molecule has 2 N–H and O–H groups in total. The SMILES string of the molecule is COc1cc(Br)ccc1C(=O)NCC1CCCCC1CO. The lowest BCUT2D eigenvalue weighted by molar-refractivity contribution is 0.0906. The summed E-state index contributed by atoms with van der Waals surface area (Å²) < 4.78 is 6.13. The van der Waals surface area contributed by atoms with Crippen LogP contribution in [0.3, 0.4) is 0 Å². The van der Waals surface area contributed by atoms with Crippen molar-refractivity contribution in [1.82, 2.24) is 5.32 Å². The fraction of sp³-hybridized carbons (Fsp3) is 0.562. The van der Waals surface area contributed by atoms with Gasteiger partial charge in [-0.15, -0.1) is 0 Å². The molecule has 0 bridgehead atoms. The van der Waals surface area contributed by atoms with E-state index in [0.29, 0.717) is 29.7 Å². The third-order valence-corrected chi connectivity index (χ3v) is 4.73. The number of amides is 1. The van der Waals surface area contributed by atoms with Gasteiger partial charge in [0, 0.05) is 17.6 Å². The van der Waals surface area contributed by atoms with Crippen LogP contribution in [0.2, 0.25) is 0 Å². The Labute approximate surface area is 134 Å². The molecule has 2 rings (SSSR count). The lowest BCUT2D eigenvalue weighted by atomic mass is 9.79. The fourth-order valence-electron chi connectivity index (χ4n) is 2.97. The number of rotatable bonds is 5. The summed E-state index contributed by atoms with van der Waals surface area (Å²) in [5.41, 5.74) is 0.539. The van der Waals surface area contributed by atoms with Crippen molar-refractivity contribution in [2.75, 3.05) is 20.3 Å². The van der Waals surface area contributed by atoms with Crippen LogP contribution in [0.4, 0.5) is 0 Å². The van der Waals surface area contributed by atoms with Crippen LogP contribution in [0.25, 0.3) is 0 Å². The summed E-state index contributed by atoms with van der Waals surface area (Å²) in [6.45, 7) is 0.825. The topological polar surface area (TPSA) is 58.6 Å². The standard InChI is InChI=1S/C16H22BrNO3/c1-21-15-8-13(17)6-7-14(15)16(20)18-9-11-4-2-3-5-12(11)10-19/h6-8,11-12,19H,2-5,9-10H2,1H3,(H,18,20). The van der Waals surface area contributed by atoms with Crippen LogP contribution in [-0.2, 0) is 0 Å². The summed E-state index contributed by atoms with van der Waals surface area (Å²) >= 11 is 3.37. The zero-order chi connectivity index (χ0) is 15.2. The van der Waals surface area contributed by atoms with E-state index in [4.69, 9.17) is 4.74 Å². The molecule has 1 saturated carbocycles. The zero-order valence-electron chi connectivity index (χ0n) is 12.3. The third kappa shape index (κ3) is 4.20. The van der Waals surface area contributed by atoms with Crippen LogP contribution >= 0.6 is 15.9 Å². The minimum Gasteiger partial charge on any atom is -0.496 e. The van der Waals surface area contributed by atoms with Gasteiger partial charge in [-0.3, -0.25) is 4.79 Å². The Bertz CT molecular complexity index is 492. The van der Waals surface area contributed by atoms with Gasteiger partial charge in [0.2, 0.25) is 0 Å². The first-order valence-electron chi connectivity index (χ1n) is 7.38. The highest BCUT2D eigenvalue weighted by atomic mass is 79.9. The molecule has 1 aliphatic carbocycles. The molecular formula is C16H22BrNO3. The van der Waals surface area contributed by atoms with Crippen LogP contribution < -0.4 is 10.1 Å². The first-order valence-corrected chi connectivity index (χ1v) is 8.17. The van der Waals surface area contributed by atoms with E-state index in [1.807, 2.05) is 6.07 Å². The molecule has 2 unspecified atom stereocenters. The Balaban J connectivity index is 1.98. The molecule has 1 fully saturated rings. The number of aliphatic hydroxyl groups is 1. The molecule has 1 aliphatic rings. The Hall–Kier alpha value is -1.07. The average Bonchev–Trinajstić information content (AvgIpc) is 2.52. The number of hydrogen-bond donors (Lipinski definition) is 2. The molecule has 116 valence electrons. The van der Waals surface area contributed by atoms with Crippen molar-refractivity contribution in [3.8, 4) is 5.75 Å². The monoisotopic (exact) mass is 355 g/mol. The van der Waals surface area contributed by atoms with E-state index >= 15 is 0 Å². The summed E-state index contributed by atoms with van der Waals surface area (Å²) in [5, 5.41) is 12.4. The van der Waals surface area contributed by atoms with Gasteiger partial charge in [0.15, 0.2) is 0 Å². The van der Waals surface area contributed by atoms with E-state index in [1.54, 1.807) is 19.2 Å². The predicted molar refractivity (Wildman–Crippen MR) is 85.6 cm³/mol. The molecule has 5 heteroatoms. The summed E-state index contributed by atoms with van der Waals surface area (Å²) in [5.74, 6) is 1.12. The molecule has 0 saturated heterocycles. The highest BCUT2D eigenvalue weighted by molar-refractivity contribution is 9.10. The van der Waals surface area contributed by atoms with Crippen molar-refractivity contribution in [2.24, 2.45) is 11.8 Å². The van der Waals surface area contributed by atoms with Gasteiger partial charge in [-0.25, -0.2) is 0 Å². The number of carbonyl (C=O) groups excluding carboxylic acids is 1. The number of hydrogen-bond acceptors (Lipinski definition) is 3. The second-order valence-corrected chi connectivity index (χ2v) is 6.46. The third-order valence-electron chi connectivity index (χ3n) is 4.23. The van der Waals surface area contributed by atoms with Gasteiger partial charge in [0.05, 0.1) is 12.7 Å². The summed E-state index contributed by atoms with van der Waals surface area (Å²) in [4.78, 5) is 12.3. The largest absolute Gasteiger partial charge is 0.496 e. The van der Waals surface area contributed by atoms with Crippen LogP contribution in [0.5, 0.6) is 5.75 Å². The van der Waals surface area contributed by atoms with Crippen LogP contribution in [0.1, 0.15) is 36.0 Å². The smallest absolute Gasteiger partial charge is 0.255 e. The minimum absolute atomic E-state index is 0.124. The number of halogens is 1. The Morgan fingerprint density at radius 2 is 2.10 bits per heavy atom. The molecule has 0 aliphatic heterocycles. The second kappa shape index (κ2) is 7.80. The van der Waals surface area contributed by atoms with Gasteiger partial charge in [0.1, 0.15) is 5.75 Å². The highest BCUT2D eigenvalue weighted by Gasteiger charge is 2.25. The lowest BCUT2D eigenvalue weighted by Gasteiger charge is -2.30. The first-order chi connectivity index (χ1) is 10.2. The number of nitrogens with one attached hydrogen (secondary N) is 1. The first kappa shape index (κ1) is 16.3. The van der Waals surface area contributed by atoms with Gasteiger partial charge < -0.3 is 15.2 Å². The van der Waals surface area contributed by atoms with E-state index in [2.05, 4.69) is 21.2 Å². The minimum atomic E-state index is -0.124. The van der Waals surface area contributed by atoms with Crippen LogP contribution in [-0.4, -0.2) is 31.3 Å². The maximum atomic E-state index is 12.3. The molecule has 0 heterocycles. The number of ether oxygens (including phenoxy) is 1. The second-order valence-electron chi connectivity index (χ2n) is 5.54. The number of aliphatic hydroxyl groups excluding tert-OH is 1. The molecule has 21 heavy (non-hydrogen) atoms. The summed E-state index contributed by atoms with van der Waals surface area (Å²) in [6.07, 6.45) is 4.48. The maximum Gasteiger partial charge on any atom is 0.255 e. The van der Waals surface area contributed by atoms with E-state index in [-0.39, 0.29) is 12.5 Å². The Morgan fingerprint density at radius 1 is 1.38 bits per heavy atom. The van der Waals surface area contributed by atoms with Crippen molar-refractivity contribution in [3.63, 3.8) is 0 Å². The highest BCUT2D eigenvalue weighted by Crippen LogP contribution is 2.29. The Morgan fingerprint density at radius 3 is 2.76 bits per heavy atom. The van der Waals surface area contributed by atoms with Crippen molar-refractivity contribution in [2.45, 2.75) is 25.7 Å². The van der Waals surface area contributed by atoms with E-state index in [1.165, 1.54) is 12.8 Å². The van der Waals surface area contributed by atoms with Gasteiger partial charge in [-0.1, -0.05) is 28.8 Å². The summed E-state index contributed by atoms with van der Waals surface area (Å²) in [7, 11) is 1.56. The molecule has 1 amide bonds. The van der Waals surface area contributed by atoms with Gasteiger partial charge in [-0.2, -0.15) is 0 Å². The van der Waals surface area contributed by atoms with E-state index in [0.717, 1.165) is 17.3 Å². The Kier molecular flexibility index (Phi) is 6.06. The lowest BCUT2D eigenvalue weighted by Crippen LogP contribution is -2.35. The number of methoxy groups -OCH3 is 1. The quantitative estimate of drug-likeness (QED) is 0.853. The van der Waals surface area contributed by atoms with Crippen molar-refractivity contribution in [3.05, 3.63) is 28.2 Å². The molecule has 2 atom stereocenters. The van der Waals surface area contributed by atoms with Crippen molar-refractivity contribution >= 4 is 21.8 Å². The molecule has 0 aromatic heterocycles. The van der Waals surface area contributed by atoms with E-state index < -0.39 is 0 Å². The average molecular weight is 356 g/mol. The molecule has 1 aromatic rings. The van der Waals surface area contributed by atoms with Gasteiger partial charge in [0.25, 0.3) is 5.91 Å². The zero-order valence-corrected chi connectivity index (χ0v) is 13.9.